The van der Waals surface area contributed by atoms with Gasteiger partial charge in [-0.25, -0.2) is 4.79 Å². The zero-order valence-electron chi connectivity index (χ0n) is 9.86. The molecule has 1 aliphatic rings. The number of carbonyl (C=O) groups excluding carboxylic acids is 1. The molecule has 2 N–H and O–H groups in total. The lowest BCUT2D eigenvalue weighted by Crippen LogP contribution is -2.42. The number of rotatable bonds is 2. The number of nitrogens with two attached hydrogens (primary N) is 1. The largest absolute Gasteiger partial charge is 0.486 e. The first-order valence-electron chi connectivity index (χ1n) is 5.33. The summed E-state index contributed by atoms with van der Waals surface area (Å²) in [6.07, 6.45) is 0. The van der Waals surface area contributed by atoms with Crippen molar-refractivity contribution >= 4 is 5.97 Å². The van der Waals surface area contributed by atoms with Gasteiger partial charge in [-0.3, -0.25) is 0 Å². The molecule has 0 saturated heterocycles. The molecule has 1 atom stereocenters. The molecule has 5 heteroatoms. The number of carbonyl (C=O) groups is 1. The van der Waals surface area contributed by atoms with E-state index < -0.39 is 11.5 Å². The summed E-state index contributed by atoms with van der Waals surface area (Å²) < 4.78 is 15.5. The molecule has 5 nitrogen and oxygen atoms in total. The molecule has 0 aliphatic carbocycles. The molecule has 1 unspecified atom stereocenters. The van der Waals surface area contributed by atoms with Gasteiger partial charge in [0.1, 0.15) is 18.8 Å². The molecule has 0 aromatic heterocycles. The Bertz CT molecular complexity index is 442. The Morgan fingerprint density at radius 2 is 2.00 bits per heavy atom. The van der Waals surface area contributed by atoms with Gasteiger partial charge in [0.25, 0.3) is 0 Å². The first kappa shape index (κ1) is 11.7. The Morgan fingerprint density at radius 1 is 1.35 bits per heavy atom. The van der Waals surface area contributed by atoms with Crippen LogP contribution in [0.5, 0.6) is 11.5 Å². The molecule has 2 rings (SSSR count). The van der Waals surface area contributed by atoms with Gasteiger partial charge in [-0.15, -0.1) is 0 Å². The monoisotopic (exact) mass is 237 g/mol. The minimum absolute atomic E-state index is 0.492. The van der Waals surface area contributed by atoms with Crippen molar-refractivity contribution in [2.75, 3.05) is 20.3 Å². The third kappa shape index (κ3) is 2.06. The van der Waals surface area contributed by atoms with E-state index in [-0.39, 0.29) is 0 Å². The van der Waals surface area contributed by atoms with Crippen LogP contribution in [0.3, 0.4) is 0 Å². The Hall–Kier alpha value is -1.75. The average Bonchev–Trinajstić information content (AvgIpc) is 2.37. The van der Waals surface area contributed by atoms with E-state index in [9.17, 15) is 4.79 Å². The molecule has 0 fully saturated rings. The quantitative estimate of drug-likeness (QED) is 0.770. The van der Waals surface area contributed by atoms with Crippen LogP contribution in [0, 0.1) is 0 Å². The SMILES string of the molecule is COC(=O)C(C)(N)c1ccc2c(c1)OCCO2. The van der Waals surface area contributed by atoms with Gasteiger partial charge in [0.15, 0.2) is 11.5 Å². The van der Waals surface area contributed by atoms with Crippen LogP contribution in [0.4, 0.5) is 0 Å². The number of ether oxygens (including phenoxy) is 3. The van der Waals surface area contributed by atoms with Crippen molar-refractivity contribution in [1.29, 1.82) is 0 Å². The van der Waals surface area contributed by atoms with Gasteiger partial charge < -0.3 is 19.9 Å². The van der Waals surface area contributed by atoms with Crippen LogP contribution >= 0.6 is 0 Å². The molecule has 1 aliphatic heterocycles. The van der Waals surface area contributed by atoms with Crippen LogP contribution in [0.1, 0.15) is 12.5 Å². The van der Waals surface area contributed by atoms with E-state index >= 15 is 0 Å². The van der Waals surface area contributed by atoms with Gasteiger partial charge in [-0.05, 0) is 24.6 Å². The number of benzene rings is 1. The summed E-state index contributed by atoms with van der Waals surface area (Å²) in [4.78, 5) is 11.6. The fourth-order valence-electron chi connectivity index (χ4n) is 1.70. The maximum Gasteiger partial charge on any atom is 0.330 e. The van der Waals surface area contributed by atoms with Gasteiger partial charge in [0.05, 0.1) is 7.11 Å². The standard InChI is InChI=1S/C12H15NO4/c1-12(13,11(14)15-2)8-3-4-9-10(7-8)17-6-5-16-9/h3-4,7H,5-6,13H2,1-2H3. The number of methoxy groups -OCH3 is 1. The van der Waals surface area contributed by atoms with Gasteiger partial charge in [-0.1, -0.05) is 6.07 Å². The molecule has 0 amide bonds. The molecule has 1 heterocycles. The fourth-order valence-corrected chi connectivity index (χ4v) is 1.70. The highest BCUT2D eigenvalue weighted by atomic mass is 16.6. The van der Waals surface area contributed by atoms with Crippen LogP contribution in [-0.4, -0.2) is 26.3 Å². The first-order valence-corrected chi connectivity index (χ1v) is 5.33. The van der Waals surface area contributed by atoms with E-state index in [1.807, 2.05) is 0 Å². The number of fused-ring (bicyclic) bond motifs is 1. The summed E-state index contributed by atoms with van der Waals surface area (Å²) in [5.41, 5.74) is 5.40. The Labute approximate surface area is 99.5 Å². The molecule has 0 saturated carbocycles. The Balaban J connectivity index is 2.36. The molecular formula is C12H15NO4. The highest BCUT2D eigenvalue weighted by Gasteiger charge is 2.32. The molecule has 1 aromatic rings. The molecule has 0 spiro atoms. The van der Waals surface area contributed by atoms with Gasteiger partial charge in [0, 0.05) is 0 Å². The van der Waals surface area contributed by atoms with E-state index in [0.717, 1.165) is 0 Å². The zero-order chi connectivity index (χ0) is 12.5. The predicted octanol–water partition coefficient (Wildman–Crippen LogP) is 0.805. The normalized spacial score (nSPS) is 17.1. The van der Waals surface area contributed by atoms with Crippen molar-refractivity contribution < 1.29 is 19.0 Å². The molecule has 1 aromatic carbocycles. The maximum atomic E-state index is 11.6. The zero-order valence-corrected chi connectivity index (χ0v) is 9.86. The third-order valence-electron chi connectivity index (χ3n) is 2.75. The molecule has 0 bridgehead atoms. The second-order valence-corrected chi connectivity index (χ2v) is 4.05. The van der Waals surface area contributed by atoms with Gasteiger partial charge in [0.2, 0.25) is 0 Å². The molecular weight excluding hydrogens is 222 g/mol. The van der Waals surface area contributed by atoms with Crippen molar-refractivity contribution in [1.82, 2.24) is 0 Å². The maximum absolute atomic E-state index is 11.6. The van der Waals surface area contributed by atoms with Crippen molar-refractivity contribution in [3.05, 3.63) is 23.8 Å². The topological polar surface area (TPSA) is 70.8 Å². The summed E-state index contributed by atoms with van der Waals surface area (Å²) in [5, 5.41) is 0. The number of esters is 1. The van der Waals surface area contributed by atoms with E-state index in [2.05, 4.69) is 4.74 Å². The lowest BCUT2D eigenvalue weighted by atomic mass is 9.93. The van der Waals surface area contributed by atoms with Crippen molar-refractivity contribution in [2.45, 2.75) is 12.5 Å². The van der Waals surface area contributed by atoms with Crippen molar-refractivity contribution in [3.8, 4) is 11.5 Å². The lowest BCUT2D eigenvalue weighted by molar-refractivity contribution is -0.146. The summed E-state index contributed by atoms with van der Waals surface area (Å²) in [6.45, 7) is 2.63. The highest BCUT2D eigenvalue weighted by Crippen LogP contribution is 2.33. The molecule has 92 valence electrons. The summed E-state index contributed by atoms with van der Waals surface area (Å²) in [5.74, 6) is 0.782. The van der Waals surface area contributed by atoms with Crippen LogP contribution in [-0.2, 0) is 15.1 Å². The fraction of sp³-hybridized carbons (Fsp3) is 0.417. The van der Waals surface area contributed by atoms with Gasteiger partial charge in [-0.2, -0.15) is 0 Å². The summed E-state index contributed by atoms with van der Waals surface area (Å²) in [6, 6.07) is 5.20. The van der Waals surface area contributed by atoms with E-state index in [4.69, 9.17) is 15.2 Å². The van der Waals surface area contributed by atoms with Crippen LogP contribution in [0.2, 0.25) is 0 Å². The van der Waals surface area contributed by atoms with Crippen LogP contribution in [0.15, 0.2) is 18.2 Å². The number of hydrogen-bond acceptors (Lipinski definition) is 5. The molecule has 17 heavy (non-hydrogen) atoms. The van der Waals surface area contributed by atoms with Crippen molar-refractivity contribution in [3.63, 3.8) is 0 Å². The Kier molecular flexibility index (Phi) is 2.93. The van der Waals surface area contributed by atoms with E-state index in [0.29, 0.717) is 30.3 Å². The van der Waals surface area contributed by atoms with E-state index in [1.165, 1.54) is 7.11 Å². The number of hydrogen-bond donors (Lipinski definition) is 1. The minimum atomic E-state index is -1.19. The highest BCUT2D eigenvalue weighted by molar-refractivity contribution is 5.82. The summed E-state index contributed by atoms with van der Waals surface area (Å²) >= 11 is 0. The minimum Gasteiger partial charge on any atom is -0.486 e. The van der Waals surface area contributed by atoms with E-state index in [1.54, 1.807) is 25.1 Å². The van der Waals surface area contributed by atoms with Crippen LogP contribution in [0.25, 0.3) is 0 Å². The lowest BCUT2D eigenvalue weighted by Gasteiger charge is -2.25. The van der Waals surface area contributed by atoms with Gasteiger partial charge >= 0.3 is 5.97 Å². The first-order chi connectivity index (χ1) is 8.05. The summed E-state index contributed by atoms with van der Waals surface area (Å²) in [7, 11) is 1.31. The Morgan fingerprint density at radius 3 is 2.65 bits per heavy atom. The van der Waals surface area contributed by atoms with Crippen molar-refractivity contribution in [2.24, 2.45) is 5.73 Å². The molecule has 0 radical (unpaired) electrons. The van der Waals surface area contributed by atoms with Crippen LogP contribution < -0.4 is 15.2 Å². The average molecular weight is 237 g/mol. The smallest absolute Gasteiger partial charge is 0.330 e. The third-order valence-corrected chi connectivity index (χ3v) is 2.75. The second-order valence-electron chi connectivity index (χ2n) is 4.05. The predicted molar refractivity (Wildman–Crippen MR) is 61.0 cm³/mol. The second kappa shape index (κ2) is 4.25.